The van der Waals surface area contributed by atoms with E-state index in [1.54, 1.807) is 35.7 Å². The highest BCUT2D eigenvalue weighted by molar-refractivity contribution is 7.94. The number of hydrogen-bond donors (Lipinski definition) is 2. The number of sulfonamides is 1. The molecule has 1 aromatic carbocycles. The number of allylic oxidation sites excluding steroid dienone is 1. The fourth-order valence-corrected chi connectivity index (χ4v) is 3.80. The molecule has 1 aromatic heterocycles. The van der Waals surface area contributed by atoms with E-state index in [1.165, 1.54) is 12.1 Å². The van der Waals surface area contributed by atoms with Crippen molar-refractivity contribution in [3.05, 3.63) is 53.4 Å². The highest BCUT2D eigenvalue weighted by Crippen LogP contribution is 2.26. The number of para-hydroxylation sites is 2. The van der Waals surface area contributed by atoms with Crippen LogP contribution in [0.15, 0.2) is 57.6 Å². The van der Waals surface area contributed by atoms with Crippen molar-refractivity contribution in [2.75, 3.05) is 10.0 Å². The Morgan fingerprint density at radius 2 is 1.77 bits per heavy atom. The van der Waals surface area contributed by atoms with Crippen LogP contribution in [0.5, 0.6) is 0 Å². The number of amides is 1. The number of carbonyl (C=O) groups is 1. The van der Waals surface area contributed by atoms with Gasteiger partial charge in [0.15, 0.2) is 0 Å². The summed E-state index contributed by atoms with van der Waals surface area (Å²) in [5.74, 6) is -0.303. The van der Waals surface area contributed by atoms with Crippen LogP contribution in [0.25, 0.3) is 0 Å². The first kappa shape index (κ1) is 16.3. The number of carbonyl (C=O) groups excluding carboxylic acids is 1. The molecule has 0 bridgehead atoms. The molecule has 0 saturated heterocycles. The molecule has 0 atom stereocenters. The second kappa shape index (κ2) is 6.76. The van der Waals surface area contributed by atoms with Gasteiger partial charge in [-0.3, -0.25) is 9.52 Å². The van der Waals surface area contributed by atoms with Crippen LogP contribution >= 0.6 is 11.3 Å². The third-order valence-corrected chi connectivity index (χ3v) is 5.37. The number of anilines is 2. The molecular formula is C15H16N2O3S2. The Bertz CT molecular complexity index is 790. The van der Waals surface area contributed by atoms with Crippen molar-refractivity contribution in [1.82, 2.24) is 0 Å². The second-order valence-electron chi connectivity index (χ2n) is 4.79. The molecule has 0 radical (unpaired) electrons. The Labute approximate surface area is 133 Å². The van der Waals surface area contributed by atoms with E-state index in [2.05, 4.69) is 10.0 Å². The zero-order valence-corrected chi connectivity index (χ0v) is 13.8. The average molecular weight is 336 g/mol. The Morgan fingerprint density at radius 3 is 2.36 bits per heavy atom. The van der Waals surface area contributed by atoms with E-state index in [4.69, 9.17) is 0 Å². The van der Waals surface area contributed by atoms with Crippen molar-refractivity contribution in [2.24, 2.45) is 0 Å². The smallest absolute Gasteiger partial charge is 0.271 e. The molecule has 1 heterocycles. The van der Waals surface area contributed by atoms with E-state index in [1.807, 2.05) is 13.8 Å². The lowest BCUT2D eigenvalue weighted by atomic mass is 10.2. The summed E-state index contributed by atoms with van der Waals surface area (Å²) in [6.45, 7) is 3.62. The predicted octanol–water partition coefficient (Wildman–Crippen LogP) is 3.45. The van der Waals surface area contributed by atoms with Gasteiger partial charge >= 0.3 is 0 Å². The molecular weight excluding hydrogens is 320 g/mol. The Balaban J connectivity index is 2.26. The van der Waals surface area contributed by atoms with Crippen LogP contribution < -0.4 is 10.0 Å². The summed E-state index contributed by atoms with van der Waals surface area (Å²) in [5.41, 5.74) is 1.59. The summed E-state index contributed by atoms with van der Waals surface area (Å²) in [6.07, 6.45) is 1.45. The molecule has 116 valence electrons. The van der Waals surface area contributed by atoms with Crippen molar-refractivity contribution in [3.63, 3.8) is 0 Å². The van der Waals surface area contributed by atoms with Crippen LogP contribution in [0.4, 0.5) is 11.4 Å². The van der Waals surface area contributed by atoms with Crippen molar-refractivity contribution < 1.29 is 13.2 Å². The maximum Gasteiger partial charge on any atom is 0.271 e. The van der Waals surface area contributed by atoms with E-state index in [-0.39, 0.29) is 10.1 Å². The first-order valence-corrected chi connectivity index (χ1v) is 8.86. The first-order valence-electron chi connectivity index (χ1n) is 6.50. The first-order chi connectivity index (χ1) is 10.4. The van der Waals surface area contributed by atoms with Crippen LogP contribution in [-0.2, 0) is 14.8 Å². The molecule has 0 aliphatic rings. The topological polar surface area (TPSA) is 75.3 Å². The highest BCUT2D eigenvalue weighted by atomic mass is 32.2. The summed E-state index contributed by atoms with van der Waals surface area (Å²) in [6, 6.07) is 9.86. The summed E-state index contributed by atoms with van der Waals surface area (Å²) in [7, 11) is -3.65. The van der Waals surface area contributed by atoms with Crippen LogP contribution in [-0.4, -0.2) is 14.3 Å². The van der Waals surface area contributed by atoms with Crippen molar-refractivity contribution in [1.29, 1.82) is 0 Å². The fraction of sp³-hybridized carbons (Fsp3) is 0.133. The third-order valence-electron chi connectivity index (χ3n) is 2.61. The molecule has 0 fully saturated rings. The van der Waals surface area contributed by atoms with Gasteiger partial charge in [0.2, 0.25) is 5.91 Å². The highest BCUT2D eigenvalue weighted by Gasteiger charge is 2.17. The van der Waals surface area contributed by atoms with Gasteiger partial charge in [-0.2, -0.15) is 0 Å². The predicted molar refractivity (Wildman–Crippen MR) is 89.6 cm³/mol. The minimum absolute atomic E-state index is 0.220. The molecule has 22 heavy (non-hydrogen) atoms. The van der Waals surface area contributed by atoms with Gasteiger partial charge in [-0.05, 0) is 37.4 Å². The molecule has 2 aromatic rings. The van der Waals surface area contributed by atoms with E-state index in [9.17, 15) is 13.2 Å². The monoisotopic (exact) mass is 336 g/mol. The fourth-order valence-electron chi connectivity index (χ4n) is 1.72. The summed E-state index contributed by atoms with van der Waals surface area (Å²) in [4.78, 5) is 11.8. The lowest BCUT2D eigenvalue weighted by Crippen LogP contribution is -2.15. The van der Waals surface area contributed by atoms with Gasteiger partial charge in [-0.15, -0.1) is 11.3 Å². The number of benzene rings is 1. The number of hydrogen-bond acceptors (Lipinski definition) is 4. The SMILES string of the molecule is CC(C)=CC(=O)Nc1ccccc1NS(=O)(=O)c1cccs1. The van der Waals surface area contributed by atoms with Crippen molar-refractivity contribution >= 4 is 38.6 Å². The van der Waals surface area contributed by atoms with Gasteiger partial charge in [0.1, 0.15) is 4.21 Å². The Kier molecular flexibility index (Phi) is 4.99. The van der Waals surface area contributed by atoms with E-state index in [0.29, 0.717) is 11.4 Å². The Morgan fingerprint density at radius 1 is 1.09 bits per heavy atom. The largest absolute Gasteiger partial charge is 0.321 e. The molecule has 2 rings (SSSR count). The van der Waals surface area contributed by atoms with Gasteiger partial charge in [0.25, 0.3) is 10.0 Å². The van der Waals surface area contributed by atoms with Crippen LogP contribution in [0.3, 0.4) is 0 Å². The Hall–Kier alpha value is -2.12. The van der Waals surface area contributed by atoms with Gasteiger partial charge in [0.05, 0.1) is 11.4 Å². The van der Waals surface area contributed by atoms with E-state index < -0.39 is 10.0 Å². The van der Waals surface area contributed by atoms with E-state index >= 15 is 0 Å². The molecule has 0 aliphatic heterocycles. The summed E-state index contributed by atoms with van der Waals surface area (Å²) >= 11 is 1.13. The van der Waals surface area contributed by atoms with E-state index in [0.717, 1.165) is 16.9 Å². The zero-order chi connectivity index (χ0) is 16.2. The van der Waals surface area contributed by atoms with Crippen LogP contribution in [0.1, 0.15) is 13.8 Å². The minimum atomic E-state index is -3.65. The molecule has 0 aliphatic carbocycles. The number of rotatable bonds is 5. The molecule has 7 heteroatoms. The quantitative estimate of drug-likeness (QED) is 0.821. The minimum Gasteiger partial charge on any atom is -0.321 e. The van der Waals surface area contributed by atoms with Gasteiger partial charge in [-0.1, -0.05) is 23.8 Å². The molecule has 2 N–H and O–H groups in total. The zero-order valence-electron chi connectivity index (χ0n) is 12.2. The second-order valence-corrected chi connectivity index (χ2v) is 7.65. The van der Waals surface area contributed by atoms with Gasteiger partial charge in [-0.25, -0.2) is 8.42 Å². The average Bonchev–Trinajstić information content (AvgIpc) is 2.94. The van der Waals surface area contributed by atoms with Crippen molar-refractivity contribution in [2.45, 2.75) is 18.1 Å². The maximum atomic E-state index is 12.3. The molecule has 0 saturated carbocycles. The molecule has 0 spiro atoms. The lowest BCUT2D eigenvalue weighted by Gasteiger charge is -2.12. The van der Waals surface area contributed by atoms with Crippen LogP contribution in [0, 0.1) is 0 Å². The summed E-state index contributed by atoms with van der Waals surface area (Å²) in [5, 5.41) is 4.36. The third kappa shape index (κ3) is 4.19. The van der Waals surface area contributed by atoms with Crippen molar-refractivity contribution in [3.8, 4) is 0 Å². The normalized spacial score (nSPS) is 10.8. The van der Waals surface area contributed by atoms with Gasteiger partial charge < -0.3 is 5.32 Å². The van der Waals surface area contributed by atoms with Gasteiger partial charge in [0, 0.05) is 6.08 Å². The van der Waals surface area contributed by atoms with Crippen LogP contribution in [0.2, 0.25) is 0 Å². The number of nitrogens with one attached hydrogen (secondary N) is 2. The number of thiophene rings is 1. The standard InChI is InChI=1S/C15H16N2O3S2/c1-11(2)10-14(18)16-12-6-3-4-7-13(12)17-22(19,20)15-8-5-9-21-15/h3-10,17H,1-2H3,(H,16,18). The molecule has 5 nitrogen and oxygen atoms in total. The summed E-state index contributed by atoms with van der Waals surface area (Å²) < 4.78 is 27.2. The lowest BCUT2D eigenvalue weighted by molar-refractivity contribution is -0.111. The molecule has 1 amide bonds. The maximum absolute atomic E-state index is 12.3. The molecule has 0 unspecified atom stereocenters.